The molecule has 0 amide bonds. The van der Waals surface area contributed by atoms with Gasteiger partial charge in [-0.15, -0.1) is 0 Å². The first kappa shape index (κ1) is 15.9. The van der Waals surface area contributed by atoms with E-state index < -0.39 is 26.6 Å². The first-order valence-corrected chi connectivity index (χ1v) is 8.05. The lowest BCUT2D eigenvalue weighted by Gasteiger charge is -2.21. The first-order chi connectivity index (χ1) is 9.91. The lowest BCUT2D eigenvalue weighted by atomic mass is 10.2. The summed E-state index contributed by atoms with van der Waals surface area (Å²) >= 11 is 0. The minimum atomic E-state index is -4.05. The molecular weight excluding hydrogens is 298 g/mol. The molecule has 0 atom stereocenters. The molecule has 1 aromatic rings. The van der Waals surface area contributed by atoms with Crippen molar-refractivity contribution < 1.29 is 17.2 Å². The average Bonchev–Trinajstić information content (AvgIpc) is 3.20. The molecule has 4 nitrogen and oxygen atoms in total. The lowest BCUT2D eigenvalue weighted by molar-refractivity contribution is 0.416. The smallest absolute Gasteiger partial charge is 0.247 e. The summed E-state index contributed by atoms with van der Waals surface area (Å²) in [6.07, 6.45) is 1.50. The topological polar surface area (TPSA) is 63.4 Å². The van der Waals surface area contributed by atoms with Gasteiger partial charge in [-0.1, -0.05) is 18.8 Å². The van der Waals surface area contributed by atoms with Gasteiger partial charge < -0.3 is 5.73 Å². The third-order valence-electron chi connectivity index (χ3n) is 3.17. The van der Waals surface area contributed by atoms with Gasteiger partial charge in [-0.3, -0.25) is 0 Å². The molecule has 0 heterocycles. The summed E-state index contributed by atoms with van der Waals surface area (Å²) in [5.74, 6) is 2.87. The molecule has 21 heavy (non-hydrogen) atoms. The Balaban J connectivity index is 2.61. The summed E-state index contributed by atoms with van der Waals surface area (Å²) in [5.41, 5.74) is 5.04. The molecule has 2 rings (SSSR count). The van der Waals surface area contributed by atoms with Crippen LogP contribution >= 0.6 is 0 Å². The van der Waals surface area contributed by atoms with Gasteiger partial charge in [0.1, 0.15) is 16.5 Å². The number of hydrogen-bond donors (Lipinski definition) is 1. The third kappa shape index (κ3) is 3.23. The molecule has 0 spiro atoms. The van der Waals surface area contributed by atoms with Gasteiger partial charge in [-0.05, 0) is 18.9 Å². The van der Waals surface area contributed by atoms with Gasteiger partial charge >= 0.3 is 0 Å². The predicted octanol–water partition coefficient (Wildman–Crippen LogP) is 1.45. The van der Waals surface area contributed by atoms with Crippen molar-refractivity contribution in [3.8, 4) is 11.8 Å². The summed E-state index contributed by atoms with van der Waals surface area (Å²) in [6, 6.07) is 1.36. The van der Waals surface area contributed by atoms with Crippen LogP contribution in [0.3, 0.4) is 0 Å². The SMILES string of the molecule is CCN(C1CC1)S(=O)(=O)c1c(F)cc(F)cc1C#CCN. The van der Waals surface area contributed by atoms with Crippen molar-refractivity contribution in [3.63, 3.8) is 0 Å². The zero-order valence-electron chi connectivity index (χ0n) is 11.6. The highest BCUT2D eigenvalue weighted by atomic mass is 32.2. The number of benzene rings is 1. The average molecular weight is 314 g/mol. The molecule has 1 aliphatic rings. The molecule has 0 aromatic heterocycles. The molecule has 0 bridgehead atoms. The zero-order valence-corrected chi connectivity index (χ0v) is 12.4. The van der Waals surface area contributed by atoms with Crippen LogP contribution < -0.4 is 5.73 Å². The van der Waals surface area contributed by atoms with Gasteiger partial charge in [0.05, 0.1) is 12.1 Å². The van der Waals surface area contributed by atoms with Crippen LogP contribution in [0, 0.1) is 23.5 Å². The normalized spacial score (nSPS) is 14.9. The van der Waals surface area contributed by atoms with Crippen molar-refractivity contribution in [2.24, 2.45) is 5.73 Å². The highest BCUT2D eigenvalue weighted by Gasteiger charge is 2.39. The van der Waals surface area contributed by atoms with Gasteiger partial charge in [0.25, 0.3) is 0 Å². The van der Waals surface area contributed by atoms with E-state index in [1.165, 1.54) is 4.31 Å². The molecule has 1 aliphatic carbocycles. The Hall–Kier alpha value is -1.49. The van der Waals surface area contributed by atoms with Crippen LogP contribution in [0.4, 0.5) is 8.78 Å². The summed E-state index contributed by atoms with van der Waals surface area (Å²) in [5, 5.41) is 0. The maximum absolute atomic E-state index is 14.1. The molecule has 114 valence electrons. The van der Waals surface area contributed by atoms with Crippen molar-refractivity contribution in [2.45, 2.75) is 30.7 Å². The second-order valence-corrected chi connectivity index (χ2v) is 6.54. The second-order valence-electron chi connectivity index (χ2n) is 4.71. The zero-order chi connectivity index (χ0) is 15.6. The second kappa shape index (κ2) is 6.10. The first-order valence-electron chi connectivity index (χ1n) is 6.61. The van der Waals surface area contributed by atoms with Gasteiger partial charge in [-0.2, -0.15) is 4.31 Å². The molecule has 1 fully saturated rings. The Morgan fingerprint density at radius 1 is 1.38 bits per heavy atom. The number of hydrogen-bond acceptors (Lipinski definition) is 3. The monoisotopic (exact) mass is 314 g/mol. The van der Waals surface area contributed by atoms with Crippen LogP contribution in [-0.4, -0.2) is 31.9 Å². The van der Waals surface area contributed by atoms with Crippen molar-refractivity contribution in [1.82, 2.24) is 4.31 Å². The van der Waals surface area contributed by atoms with E-state index in [-0.39, 0.29) is 24.7 Å². The van der Waals surface area contributed by atoms with Crippen LogP contribution in [0.15, 0.2) is 17.0 Å². The Bertz CT molecular complexity index is 704. The third-order valence-corrected chi connectivity index (χ3v) is 5.27. The van der Waals surface area contributed by atoms with E-state index in [2.05, 4.69) is 11.8 Å². The van der Waals surface area contributed by atoms with E-state index in [4.69, 9.17) is 5.73 Å². The van der Waals surface area contributed by atoms with E-state index in [9.17, 15) is 17.2 Å². The van der Waals surface area contributed by atoms with Crippen molar-refractivity contribution >= 4 is 10.0 Å². The Morgan fingerprint density at radius 2 is 2.05 bits per heavy atom. The molecule has 1 aromatic carbocycles. The van der Waals surface area contributed by atoms with Crippen LogP contribution in [0.5, 0.6) is 0 Å². The standard InChI is InChI=1S/C14H16F2N2O2S/c1-2-18(12-5-6-12)21(19,20)14-10(4-3-7-17)8-11(15)9-13(14)16/h8-9,12H,2,5-7,17H2,1H3. The molecular formula is C14H16F2N2O2S. The molecule has 0 radical (unpaired) electrons. The summed E-state index contributed by atoms with van der Waals surface area (Å²) < 4.78 is 53.9. The fourth-order valence-corrected chi connectivity index (χ4v) is 4.04. The maximum Gasteiger partial charge on any atom is 0.247 e. The summed E-state index contributed by atoms with van der Waals surface area (Å²) in [4.78, 5) is -0.571. The minimum absolute atomic E-state index is 0.0300. The van der Waals surface area contributed by atoms with E-state index in [1.807, 2.05) is 0 Å². The Kier molecular flexibility index (Phi) is 4.61. The number of halogens is 2. The molecule has 0 aliphatic heterocycles. The summed E-state index contributed by atoms with van der Waals surface area (Å²) in [6.45, 7) is 1.88. The highest BCUT2D eigenvalue weighted by Crippen LogP contribution is 2.33. The van der Waals surface area contributed by atoms with Crippen molar-refractivity contribution in [1.29, 1.82) is 0 Å². The van der Waals surface area contributed by atoms with Gasteiger partial charge in [0.15, 0.2) is 0 Å². The van der Waals surface area contributed by atoms with Crippen LogP contribution in [0.25, 0.3) is 0 Å². The fraction of sp³-hybridized carbons (Fsp3) is 0.429. The van der Waals surface area contributed by atoms with E-state index in [0.717, 1.165) is 18.9 Å². The van der Waals surface area contributed by atoms with Crippen LogP contribution in [-0.2, 0) is 10.0 Å². The maximum atomic E-state index is 14.1. The largest absolute Gasteiger partial charge is 0.320 e. The van der Waals surface area contributed by atoms with E-state index >= 15 is 0 Å². The minimum Gasteiger partial charge on any atom is -0.320 e. The quantitative estimate of drug-likeness (QED) is 0.856. The fourth-order valence-electron chi connectivity index (χ4n) is 2.17. The summed E-state index contributed by atoms with van der Waals surface area (Å²) in [7, 11) is -4.05. The van der Waals surface area contributed by atoms with Crippen molar-refractivity contribution in [2.75, 3.05) is 13.1 Å². The molecule has 1 saturated carbocycles. The highest BCUT2D eigenvalue weighted by molar-refractivity contribution is 7.89. The van der Waals surface area contributed by atoms with E-state index in [1.54, 1.807) is 6.92 Å². The number of nitrogens with zero attached hydrogens (tertiary/aromatic N) is 1. The molecule has 0 unspecified atom stereocenters. The molecule has 2 N–H and O–H groups in total. The molecule has 0 saturated heterocycles. The van der Waals surface area contributed by atoms with Gasteiger partial charge in [0, 0.05) is 18.7 Å². The van der Waals surface area contributed by atoms with E-state index in [0.29, 0.717) is 6.07 Å². The predicted molar refractivity (Wildman–Crippen MR) is 74.9 cm³/mol. The van der Waals surface area contributed by atoms with Gasteiger partial charge in [0.2, 0.25) is 10.0 Å². The van der Waals surface area contributed by atoms with Gasteiger partial charge in [-0.25, -0.2) is 17.2 Å². The number of rotatable bonds is 4. The Morgan fingerprint density at radius 3 is 2.57 bits per heavy atom. The number of nitrogens with two attached hydrogens (primary N) is 1. The van der Waals surface area contributed by atoms with Crippen LogP contribution in [0.1, 0.15) is 25.3 Å². The Labute approximate surface area is 123 Å². The van der Waals surface area contributed by atoms with Crippen LogP contribution in [0.2, 0.25) is 0 Å². The number of sulfonamides is 1. The molecule has 7 heteroatoms. The van der Waals surface area contributed by atoms with Crippen molar-refractivity contribution in [3.05, 3.63) is 29.3 Å². The lowest BCUT2D eigenvalue weighted by Crippen LogP contribution is -2.34.